The predicted octanol–water partition coefficient (Wildman–Crippen LogP) is 2.92. The summed E-state index contributed by atoms with van der Waals surface area (Å²) in [7, 11) is 0. The van der Waals surface area contributed by atoms with Gasteiger partial charge in [-0.25, -0.2) is 0 Å². The number of hydrogen-bond acceptors (Lipinski definition) is 3. The van der Waals surface area contributed by atoms with Crippen LogP contribution in [-0.2, 0) is 0 Å². The van der Waals surface area contributed by atoms with Gasteiger partial charge in [0.25, 0.3) is 0 Å². The van der Waals surface area contributed by atoms with Gasteiger partial charge in [0.05, 0.1) is 0 Å². The van der Waals surface area contributed by atoms with E-state index in [1.165, 1.54) is 36.5 Å². The molecule has 2 fully saturated rings. The third-order valence-electron chi connectivity index (χ3n) is 4.18. The Morgan fingerprint density at radius 1 is 1.32 bits per heavy atom. The minimum Gasteiger partial charge on any atom is -0.312 e. The molecule has 2 unspecified atom stereocenters. The summed E-state index contributed by atoms with van der Waals surface area (Å²) in [6.45, 7) is 4.70. The molecule has 0 spiro atoms. The lowest BCUT2D eigenvalue weighted by molar-refractivity contribution is 0.158. The first kappa shape index (κ1) is 13.5. The van der Waals surface area contributed by atoms with Crippen molar-refractivity contribution in [2.24, 2.45) is 0 Å². The second kappa shape index (κ2) is 6.29. The maximum absolute atomic E-state index is 3.72. The second-order valence-corrected chi connectivity index (χ2v) is 6.92. The fraction of sp³-hybridized carbons (Fsp3) is 0.625. The molecular weight excluding hydrogens is 252 g/mol. The first-order valence-corrected chi connectivity index (χ1v) is 8.62. The average Bonchev–Trinajstić information content (AvgIpc) is 3.26. The van der Waals surface area contributed by atoms with Crippen LogP contribution < -0.4 is 5.32 Å². The molecule has 1 saturated carbocycles. The van der Waals surface area contributed by atoms with E-state index in [0.29, 0.717) is 12.1 Å². The van der Waals surface area contributed by atoms with Crippen LogP contribution in [0.2, 0.25) is 0 Å². The Labute approximate surface area is 121 Å². The third kappa shape index (κ3) is 3.53. The summed E-state index contributed by atoms with van der Waals surface area (Å²) < 4.78 is 0. The van der Waals surface area contributed by atoms with E-state index in [9.17, 15) is 0 Å². The summed E-state index contributed by atoms with van der Waals surface area (Å²) in [6.07, 6.45) is 2.74. The van der Waals surface area contributed by atoms with E-state index in [0.717, 1.165) is 12.6 Å². The lowest BCUT2D eigenvalue weighted by Crippen LogP contribution is -2.46. The minimum atomic E-state index is 0.540. The Kier molecular flexibility index (Phi) is 4.46. The minimum absolute atomic E-state index is 0.540. The molecule has 2 aliphatic rings. The van der Waals surface area contributed by atoms with Gasteiger partial charge in [-0.1, -0.05) is 30.3 Å². The molecule has 19 heavy (non-hydrogen) atoms. The third-order valence-corrected chi connectivity index (χ3v) is 5.37. The van der Waals surface area contributed by atoms with Gasteiger partial charge < -0.3 is 5.32 Å². The smallest absolute Gasteiger partial charge is 0.0476 e. The topological polar surface area (TPSA) is 15.3 Å². The fourth-order valence-electron chi connectivity index (χ4n) is 2.87. The first-order chi connectivity index (χ1) is 9.34. The van der Waals surface area contributed by atoms with Crippen molar-refractivity contribution >= 4 is 11.8 Å². The Bertz CT molecular complexity index is 391. The Hall–Kier alpha value is -0.510. The van der Waals surface area contributed by atoms with Crippen LogP contribution in [0.4, 0.5) is 0 Å². The lowest BCUT2D eigenvalue weighted by atomic mass is 10.0. The van der Waals surface area contributed by atoms with Gasteiger partial charge >= 0.3 is 0 Å². The van der Waals surface area contributed by atoms with Gasteiger partial charge in [0, 0.05) is 42.7 Å². The van der Waals surface area contributed by atoms with Crippen molar-refractivity contribution in [3.8, 4) is 0 Å². The highest BCUT2D eigenvalue weighted by Crippen LogP contribution is 2.28. The van der Waals surface area contributed by atoms with Gasteiger partial charge in [-0.05, 0) is 25.3 Å². The number of rotatable bonds is 5. The van der Waals surface area contributed by atoms with E-state index >= 15 is 0 Å². The van der Waals surface area contributed by atoms with Crippen molar-refractivity contribution in [2.45, 2.75) is 37.9 Å². The van der Waals surface area contributed by atoms with Crippen molar-refractivity contribution in [1.82, 2.24) is 10.2 Å². The summed E-state index contributed by atoms with van der Waals surface area (Å²) in [5.41, 5.74) is 1.47. The van der Waals surface area contributed by atoms with Gasteiger partial charge in [-0.15, -0.1) is 0 Å². The molecule has 0 radical (unpaired) electrons. The molecule has 2 nitrogen and oxygen atoms in total. The zero-order valence-corrected chi connectivity index (χ0v) is 12.5. The van der Waals surface area contributed by atoms with Crippen molar-refractivity contribution in [2.75, 3.05) is 24.6 Å². The Balaban J connectivity index is 1.73. The quantitative estimate of drug-likeness (QED) is 0.890. The highest BCUT2D eigenvalue weighted by atomic mass is 32.2. The summed E-state index contributed by atoms with van der Waals surface area (Å²) in [4.78, 5) is 2.70. The highest BCUT2D eigenvalue weighted by Gasteiger charge is 2.29. The molecule has 1 aromatic rings. The molecular formula is C16H24N2S. The second-order valence-electron chi connectivity index (χ2n) is 5.77. The largest absolute Gasteiger partial charge is 0.312 e. The summed E-state index contributed by atoms with van der Waals surface area (Å²) >= 11 is 2.09. The van der Waals surface area contributed by atoms with Crippen LogP contribution in [0.1, 0.15) is 31.4 Å². The molecule has 1 aliphatic heterocycles. The van der Waals surface area contributed by atoms with Gasteiger partial charge in [0.1, 0.15) is 0 Å². The lowest BCUT2D eigenvalue weighted by Gasteiger charge is -2.39. The van der Waals surface area contributed by atoms with Gasteiger partial charge in [0.2, 0.25) is 0 Å². The summed E-state index contributed by atoms with van der Waals surface area (Å²) in [6, 6.07) is 13.0. The normalized spacial score (nSPS) is 26.3. The zero-order valence-electron chi connectivity index (χ0n) is 11.7. The van der Waals surface area contributed by atoms with Gasteiger partial charge in [0.15, 0.2) is 0 Å². The van der Waals surface area contributed by atoms with Crippen LogP contribution in [0.15, 0.2) is 30.3 Å². The molecule has 0 bridgehead atoms. The maximum Gasteiger partial charge on any atom is 0.0476 e. The molecule has 1 aliphatic carbocycles. The van der Waals surface area contributed by atoms with Crippen LogP contribution in [0.5, 0.6) is 0 Å². The summed E-state index contributed by atoms with van der Waals surface area (Å²) in [5.74, 6) is 2.55. The van der Waals surface area contributed by atoms with E-state index in [1.54, 1.807) is 0 Å². The van der Waals surface area contributed by atoms with Crippen molar-refractivity contribution in [3.05, 3.63) is 35.9 Å². The molecule has 1 aromatic carbocycles. The van der Waals surface area contributed by atoms with Gasteiger partial charge in [-0.3, -0.25) is 4.90 Å². The first-order valence-electron chi connectivity index (χ1n) is 7.46. The number of thioether (sulfide) groups is 1. The van der Waals surface area contributed by atoms with E-state index in [4.69, 9.17) is 0 Å². The van der Waals surface area contributed by atoms with Crippen molar-refractivity contribution in [1.29, 1.82) is 0 Å². The Morgan fingerprint density at radius 2 is 2.11 bits per heavy atom. The van der Waals surface area contributed by atoms with Crippen LogP contribution >= 0.6 is 11.8 Å². The fourth-order valence-corrected chi connectivity index (χ4v) is 3.91. The Morgan fingerprint density at radius 3 is 2.79 bits per heavy atom. The molecule has 3 rings (SSSR count). The standard InChI is InChI=1S/C16H24N2S/c1-13-12-19-10-9-18(13)16(11-17-15-7-8-15)14-5-3-2-4-6-14/h2-6,13,15-17H,7-12H2,1H3. The van der Waals surface area contributed by atoms with Crippen molar-refractivity contribution in [3.63, 3.8) is 0 Å². The van der Waals surface area contributed by atoms with Crippen LogP contribution in [-0.4, -0.2) is 41.6 Å². The maximum atomic E-state index is 3.72. The highest BCUT2D eigenvalue weighted by molar-refractivity contribution is 7.99. The number of nitrogens with one attached hydrogen (secondary N) is 1. The molecule has 3 heteroatoms. The number of benzene rings is 1. The average molecular weight is 276 g/mol. The van der Waals surface area contributed by atoms with Crippen molar-refractivity contribution < 1.29 is 0 Å². The summed E-state index contributed by atoms with van der Waals surface area (Å²) in [5, 5.41) is 3.72. The van der Waals surface area contributed by atoms with E-state index < -0.39 is 0 Å². The molecule has 2 atom stereocenters. The number of hydrogen-bond donors (Lipinski definition) is 1. The zero-order chi connectivity index (χ0) is 13.1. The van der Waals surface area contributed by atoms with E-state index in [1.807, 2.05) is 0 Å². The molecule has 0 aromatic heterocycles. The molecule has 1 saturated heterocycles. The molecule has 1 N–H and O–H groups in total. The SMILES string of the molecule is CC1CSCCN1C(CNC1CC1)c1ccccc1. The van der Waals surface area contributed by atoms with Crippen LogP contribution in [0.3, 0.4) is 0 Å². The molecule has 104 valence electrons. The van der Waals surface area contributed by atoms with Crippen LogP contribution in [0, 0.1) is 0 Å². The predicted molar refractivity (Wildman–Crippen MR) is 83.7 cm³/mol. The molecule has 1 heterocycles. The monoisotopic (exact) mass is 276 g/mol. The molecule has 0 amide bonds. The number of nitrogens with zero attached hydrogens (tertiary/aromatic N) is 1. The van der Waals surface area contributed by atoms with E-state index in [2.05, 4.69) is 59.2 Å². The van der Waals surface area contributed by atoms with Crippen LogP contribution in [0.25, 0.3) is 0 Å². The van der Waals surface area contributed by atoms with Gasteiger partial charge in [-0.2, -0.15) is 11.8 Å². The van der Waals surface area contributed by atoms with E-state index in [-0.39, 0.29) is 0 Å².